The molecule has 0 amide bonds. The first kappa shape index (κ1) is 11.6. The maximum atomic E-state index is 8.71. The van der Waals surface area contributed by atoms with Crippen LogP contribution in [0.4, 0.5) is 5.82 Å². The zero-order valence-corrected chi connectivity index (χ0v) is 9.31. The van der Waals surface area contributed by atoms with Crippen LogP contribution in [0.1, 0.15) is 13.3 Å². The van der Waals surface area contributed by atoms with E-state index in [-0.39, 0.29) is 12.6 Å². The Bertz CT molecular complexity index is 307. The van der Waals surface area contributed by atoms with E-state index in [9.17, 15) is 0 Å². The van der Waals surface area contributed by atoms with Gasteiger partial charge in [-0.05, 0) is 19.4 Å². The normalized spacial score (nSPS) is 12.6. The molecule has 0 aromatic carbocycles. The Labute approximate surface area is 93.1 Å². The third-order valence-electron chi connectivity index (χ3n) is 1.75. The summed E-state index contributed by atoms with van der Waals surface area (Å²) >= 11 is 11.6. The van der Waals surface area contributed by atoms with E-state index in [2.05, 4.69) is 10.3 Å². The molecule has 1 aromatic heterocycles. The smallest absolute Gasteiger partial charge is 0.145 e. The van der Waals surface area contributed by atoms with E-state index >= 15 is 0 Å². The van der Waals surface area contributed by atoms with E-state index in [4.69, 9.17) is 28.3 Å². The van der Waals surface area contributed by atoms with E-state index in [0.717, 1.165) is 0 Å². The lowest BCUT2D eigenvalue weighted by molar-refractivity contribution is 0.282. The second-order valence-electron chi connectivity index (χ2n) is 3.04. The molecule has 1 atom stereocenters. The predicted molar refractivity (Wildman–Crippen MR) is 59.0 cm³/mol. The highest BCUT2D eigenvalue weighted by Crippen LogP contribution is 2.23. The number of aromatic nitrogens is 1. The van der Waals surface area contributed by atoms with Crippen LogP contribution in [0.2, 0.25) is 10.0 Å². The lowest BCUT2D eigenvalue weighted by atomic mass is 10.2. The highest BCUT2D eigenvalue weighted by Gasteiger charge is 2.06. The summed E-state index contributed by atoms with van der Waals surface area (Å²) in [6.45, 7) is 2.09. The maximum absolute atomic E-state index is 8.71. The molecular weight excluding hydrogens is 223 g/mol. The average Bonchev–Trinajstić information content (AvgIpc) is 2.10. The molecule has 2 N–H and O–H groups in total. The lowest BCUT2D eigenvalue weighted by Gasteiger charge is -2.13. The number of nitrogens with one attached hydrogen (secondary N) is 1. The largest absolute Gasteiger partial charge is 0.396 e. The van der Waals surface area contributed by atoms with E-state index in [1.807, 2.05) is 6.92 Å². The van der Waals surface area contributed by atoms with Gasteiger partial charge in [0.2, 0.25) is 0 Å². The summed E-state index contributed by atoms with van der Waals surface area (Å²) < 4.78 is 0. The molecule has 0 unspecified atom stereocenters. The third-order valence-corrected chi connectivity index (χ3v) is 2.25. The van der Waals surface area contributed by atoms with Gasteiger partial charge >= 0.3 is 0 Å². The van der Waals surface area contributed by atoms with Gasteiger partial charge in [-0.1, -0.05) is 23.2 Å². The Morgan fingerprint density at radius 1 is 1.57 bits per heavy atom. The van der Waals surface area contributed by atoms with Crippen molar-refractivity contribution in [2.24, 2.45) is 0 Å². The Balaban J connectivity index is 2.67. The zero-order chi connectivity index (χ0) is 10.6. The first-order valence-electron chi connectivity index (χ1n) is 4.32. The van der Waals surface area contributed by atoms with Gasteiger partial charge in [0.15, 0.2) is 0 Å². The minimum absolute atomic E-state index is 0.131. The molecule has 3 nitrogen and oxygen atoms in total. The molecule has 0 aliphatic heterocycles. The van der Waals surface area contributed by atoms with Crippen molar-refractivity contribution in [3.8, 4) is 0 Å². The van der Waals surface area contributed by atoms with Crippen molar-refractivity contribution < 1.29 is 5.11 Å². The van der Waals surface area contributed by atoms with Gasteiger partial charge in [0.05, 0.1) is 10.0 Å². The molecule has 0 saturated heterocycles. The molecule has 0 aliphatic carbocycles. The number of hydrogen-bond acceptors (Lipinski definition) is 3. The second-order valence-corrected chi connectivity index (χ2v) is 3.89. The molecule has 0 fully saturated rings. The van der Waals surface area contributed by atoms with E-state index in [1.54, 1.807) is 6.07 Å². The standard InChI is InChI=1S/C9H12Cl2N2O/c1-6(2-3-14)13-9-8(11)4-7(10)5-12-9/h4-6,14H,2-3H2,1H3,(H,12,13)/t6-/m1/s1. The number of hydrogen-bond donors (Lipinski definition) is 2. The Morgan fingerprint density at radius 3 is 2.86 bits per heavy atom. The molecule has 0 aliphatic rings. The summed E-state index contributed by atoms with van der Waals surface area (Å²) in [7, 11) is 0. The fraction of sp³-hybridized carbons (Fsp3) is 0.444. The highest BCUT2D eigenvalue weighted by molar-refractivity contribution is 6.35. The van der Waals surface area contributed by atoms with Crippen molar-refractivity contribution in [1.29, 1.82) is 0 Å². The van der Waals surface area contributed by atoms with E-state index in [0.29, 0.717) is 22.3 Å². The molecule has 14 heavy (non-hydrogen) atoms. The molecule has 0 saturated carbocycles. The number of rotatable bonds is 4. The molecule has 0 spiro atoms. The quantitative estimate of drug-likeness (QED) is 0.842. The molecule has 1 aromatic rings. The molecule has 1 heterocycles. The first-order chi connectivity index (χ1) is 6.63. The summed E-state index contributed by atoms with van der Waals surface area (Å²) in [6, 6.07) is 1.76. The minimum atomic E-state index is 0.131. The number of aliphatic hydroxyl groups is 1. The summed E-state index contributed by atoms with van der Waals surface area (Å²) in [6.07, 6.45) is 2.18. The Kier molecular flexibility index (Phi) is 4.45. The predicted octanol–water partition coefficient (Wildman–Crippen LogP) is 2.57. The number of halogens is 2. The van der Waals surface area contributed by atoms with Crippen LogP contribution in [0, 0.1) is 0 Å². The van der Waals surface area contributed by atoms with Crippen LogP contribution in [-0.2, 0) is 0 Å². The molecular formula is C9H12Cl2N2O. The van der Waals surface area contributed by atoms with Crippen molar-refractivity contribution in [3.63, 3.8) is 0 Å². The summed E-state index contributed by atoms with van der Waals surface area (Å²) in [5.41, 5.74) is 0. The third kappa shape index (κ3) is 3.33. The van der Waals surface area contributed by atoms with Crippen molar-refractivity contribution in [2.45, 2.75) is 19.4 Å². The van der Waals surface area contributed by atoms with Crippen LogP contribution < -0.4 is 5.32 Å². The zero-order valence-electron chi connectivity index (χ0n) is 7.80. The average molecular weight is 235 g/mol. The SMILES string of the molecule is C[C@H](CCO)Nc1ncc(Cl)cc1Cl. The Morgan fingerprint density at radius 2 is 2.29 bits per heavy atom. The second kappa shape index (κ2) is 5.39. The van der Waals surface area contributed by atoms with Crippen LogP contribution in [-0.4, -0.2) is 22.7 Å². The monoisotopic (exact) mass is 234 g/mol. The summed E-state index contributed by atoms with van der Waals surface area (Å²) in [5.74, 6) is 0.594. The van der Waals surface area contributed by atoms with Gasteiger partial charge in [0, 0.05) is 18.8 Å². The van der Waals surface area contributed by atoms with Gasteiger partial charge in [-0.25, -0.2) is 4.98 Å². The van der Waals surface area contributed by atoms with Crippen molar-refractivity contribution >= 4 is 29.0 Å². The summed E-state index contributed by atoms with van der Waals surface area (Å²) in [4.78, 5) is 4.04. The van der Waals surface area contributed by atoms with E-state index in [1.165, 1.54) is 6.20 Å². The fourth-order valence-corrected chi connectivity index (χ4v) is 1.45. The molecule has 5 heteroatoms. The topological polar surface area (TPSA) is 45.1 Å². The van der Waals surface area contributed by atoms with Crippen LogP contribution in [0.15, 0.2) is 12.3 Å². The van der Waals surface area contributed by atoms with Crippen LogP contribution in [0.3, 0.4) is 0 Å². The number of pyridine rings is 1. The lowest BCUT2D eigenvalue weighted by Crippen LogP contribution is -2.17. The molecule has 0 bridgehead atoms. The number of anilines is 1. The Hall–Kier alpha value is -0.510. The van der Waals surface area contributed by atoms with Crippen molar-refractivity contribution in [1.82, 2.24) is 4.98 Å². The maximum Gasteiger partial charge on any atom is 0.145 e. The minimum Gasteiger partial charge on any atom is -0.396 e. The summed E-state index contributed by atoms with van der Waals surface area (Å²) in [5, 5.41) is 12.8. The van der Waals surface area contributed by atoms with Gasteiger partial charge in [0.1, 0.15) is 5.82 Å². The van der Waals surface area contributed by atoms with Gasteiger partial charge in [-0.2, -0.15) is 0 Å². The molecule has 1 rings (SSSR count). The van der Waals surface area contributed by atoms with Crippen LogP contribution in [0.5, 0.6) is 0 Å². The van der Waals surface area contributed by atoms with Gasteiger partial charge in [0.25, 0.3) is 0 Å². The molecule has 0 radical (unpaired) electrons. The molecule has 78 valence electrons. The fourth-order valence-electron chi connectivity index (χ4n) is 1.02. The van der Waals surface area contributed by atoms with E-state index < -0.39 is 0 Å². The number of aliphatic hydroxyl groups excluding tert-OH is 1. The van der Waals surface area contributed by atoms with Gasteiger partial charge in [-0.3, -0.25) is 0 Å². The number of nitrogens with zero attached hydrogens (tertiary/aromatic N) is 1. The van der Waals surface area contributed by atoms with Crippen molar-refractivity contribution in [3.05, 3.63) is 22.3 Å². The highest BCUT2D eigenvalue weighted by atomic mass is 35.5. The van der Waals surface area contributed by atoms with Crippen LogP contribution in [0.25, 0.3) is 0 Å². The van der Waals surface area contributed by atoms with Gasteiger partial charge in [-0.15, -0.1) is 0 Å². The van der Waals surface area contributed by atoms with Crippen LogP contribution >= 0.6 is 23.2 Å². The van der Waals surface area contributed by atoms with Crippen molar-refractivity contribution in [2.75, 3.05) is 11.9 Å². The first-order valence-corrected chi connectivity index (χ1v) is 5.07. The van der Waals surface area contributed by atoms with Gasteiger partial charge < -0.3 is 10.4 Å².